The number of carbonyl (C=O) groups is 1. The number of hydrogen-bond donors (Lipinski definition) is 1. The Morgan fingerprint density at radius 1 is 1.00 bits per heavy atom. The molecule has 0 aliphatic carbocycles. The molecule has 0 spiro atoms. The molecule has 0 saturated carbocycles. The van der Waals surface area contributed by atoms with Crippen LogP contribution in [0.3, 0.4) is 0 Å². The standard InChI is InChI=1S/C30H22Cl2N4O2/c1-2-26(37)36-25(21-15-18-7-3-5-9-22(18)33-29(21)32)16-24(35-36)28-27(17-11-13-19(31)14-12-17)20-8-4-6-10-23(20)34-30(28)38/h3-15,25H,2,16H2,1H3,(H,34,38)/t25-/m1/s1. The minimum Gasteiger partial charge on any atom is -0.321 e. The van der Waals surface area contributed by atoms with Gasteiger partial charge in [-0.25, -0.2) is 9.99 Å². The quantitative estimate of drug-likeness (QED) is 0.246. The summed E-state index contributed by atoms with van der Waals surface area (Å²) in [7, 11) is 0. The number of aromatic amines is 1. The number of H-pyrrole nitrogens is 1. The number of carbonyl (C=O) groups excluding carboxylic acids is 1. The summed E-state index contributed by atoms with van der Waals surface area (Å²) in [6.07, 6.45) is 0.567. The van der Waals surface area contributed by atoms with Crippen molar-refractivity contribution < 1.29 is 4.79 Å². The molecule has 1 amide bonds. The van der Waals surface area contributed by atoms with E-state index in [4.69, 9.17) is 28.3 Å². The number of hydrogen-bond acceptors (Lipinski definition) is 4. The van der Waals surface area contributed by atoms with E-state index in [2.05, 4.69) is 9.97 Å². The number of nitrogens with one attached hydrogen (secondary N) is 1. The predicted octanol–water partition coefficient (Wildman–Crippen LogP) is 7.14. The van der Waals surface area contributed by atoms with Crippen molar-refractivity contribution in [1.82, 2.24) is 15.0 Å². The van der Waals surface area contributed by atoms with Crippen molar-refractivity contribution >= 4 is 56.6 Å². The van der Waals surface area contributed by atoms with Crippen molar-refractivity contribution in [2.24, 2.45) is 5.10 Å². The summed E-state index contributed by atoms with van der Waals surface area (Å²) in [6, 6.07) is 24.1. The summed E-state index contributed by atoms with van der Waals surface area (Å²) < 4.78 is 0. The van der Waals surface area contributed by atoms with Gasteiger partial charge < -0.3 is 4.98 Å². The fraction of sp³-hybridized carbons (Fsp3) is 0.133. The molecule has 1 atom stereocenters. The third-order valence-electron chi connectivity index (χ3n) is 6.88. The predicted molar refractivity (Wildman–Crippen MR) is 153 cm³/mol. The lowest BCUT2D eigenvalue weighted by atomic mass is 9.91. The van der Waals surface area contributed by atoms with Gasteiger partial charge >= 0.3 is 0 Å². The fourth-order valence-electron chi connectivity index (χ4n) is 5.07. The third-order valence-corrected chi connectivity index (χ3v) is 7.43. The first-order valence-corrected chi connectivity index (χ1v) is 13.1. The van der Waals surface area contributed by atoms with Crippen LogP contribution in [0.15, 0.2) is 88.8 Å². The molecule has 3 aromatic carbocycles. The molecule has 0 radical (unpaired) electrons. The molecule has 1 aliphatic rings. The molecule has 1 N–H and O–H groups in total. The minimum atomic E-state index is -0.494. The van der Waals surface area contributed by atoms with Crippen LogP contribution in [0, 0.1) is 0 Å². The van der Waals surface area contributed by atoms with E-state index in [0.717, 1.165) is 27.4 Å². The second kappa shape index (κ2) is 9.71. The lowest BCUT2D eigenvalue weighted by Gasteiger charge is -2.22. The number of fused-ring (bicyclic) bond motifs is 2. The second-order valence-corrected chi connectivity index (χ2v) is 9.97. The zero-order valence-electron chi connectivity index (χ0n) is 20.4. The van der Waals surface area contributed by atoms with Crippen LogP contribution in [-0.4, -0.2) is 26.6 Å². The van der Waals surface area contributed by atoms with Crippen LogP contribution < -0.4 is 5.56 Å². The van der Waals surface area contributed by atoms with Gasteiger partial charge in [-0.3, -0.25) is 9.59 Å². The van der Waals surface area contributed by atoms with Gasteiger partial charge in [0.1, 0.15) is 5.15 Å². The van der Waals surface area contributed by atoms with Crippen LogP contribution >= 0.6 is 23.2 Å². The number of hydrazone groups is 1. The van der Waals surface area contributed by atoms with Crippen molar-refractivity contribution in [3.63, 3.8) is 0 Å². The summed E-state index contributed by atoms with van der Waals surface area (Å²) in [4.78, 5) is 34.3. The molecule has 0 fully saturated rings. The molecule has 5 aromatic rings. The van der Waals surface area contributed by atoms with E-state index >= 15 is 0 Å². The Hall–Kier alpha value is -4.00. The van der Waals surface area contributed by atoms with Crippen molar-refractivity contribution in [2.75, 3.05) is 0 Å². The van der Waals surface area contributed by atoms with Crippen LogP contribution in [-0.2, 0) is 4.79 Å². The molecule has 6 nitrogen and oxygen atoms in total. The highest BCUT2D eigenvalue weighted by Gasteiger charge is 2.36. The maximum Gasteiger partial charge on any atom is 0.258 e. The monoisotopic (exact) mass is 540 g/mol. The zero-order chi connectivity index (χ0) is 26.4. The van der Waals surface area contributed by atoms with Crippen LogP contribution in [0.2, 0.25) is 10.2 Å². The van der Waals surface area contributed by atoms with E-state index in [-0.39, 0.29) is 17.9 Å². The van der Waals surface area contributed by atoms with Crippen molar-refractivity contribution in [2.45, 2.75) is 25.8 Å². The maximum atomic E-state index is 13.6. The van der Waals surface area contributed by atoms with Gasteiger partial charge in [0.2, 0.25) is 5.91 Å². The van der Waals surface area contributed by atoms with E-state index in [0.29, 0.717) is 39.0 Å². The highest BCUT2D eigenvalue weighted by atomic mass is 35.5. The van der Waals surface area contributed by atoms with Crippen molar-refractivity contribution in [3.05, 3.63) is 111 Å². The first-order chi connectivity index (χ1) is 18.4. The number of para-hydroxylation sites is 2. The Balaban J connectivity index is 1.56. The maximum absolute atomic E-state index is 13.6. The first-order valence-electron chi connectivity index (χ1n) is 12.3. The molecule has 0 unspecified atom stereocenters. The zero-order valence-corrected chi connectivity index (χ0v) is 21.9. The highest BCUT2D eigenvalue weighted by Crippen LogP contribution is 2.39. The Morgan fingerprint density at radius 3 is 2.53 bits per heavy atom. The Labute approximate surface area is 228 Å². The highest BCUT2D eigenvalue weighted by molar-refractivity contribution is 6.31. The van der Waals surface area contributed by atoms with Crippen molar-refractivity contribution in [1.29, 1.82) is 0 Å². The second-order valence-electron chi connectivity index (χ2n) is 9.18. The smallest absolute Gasteiger partial charge is 0.258 e. The SMILES string of the molecule is CCC(=O)N1N=C(c2c(-c3ccc(Cl)cc3)c3ccccc3[nH]c2=O)C[C@@H]1c1cc2ccccc2nc1Cl. The van der Waals surface area contributed by atoms with Gasteiger partial charge in [-0.15, -0.1) is 0 Å². The largest absolute Gasteiger partial charge is 0.321 e. The van der Waals surface area contributed by atoms with E-state index < -0.39 is 6.04 Å². The van der Waals surface area contributed by atoms with E-state index in [1.54, 1.807) is 19.1 Å². The Bertz CT molecular complexity index is 1810. The minimum absolute atomic E-state index is 0.167. The average molecular weight is 541 g/mol. The molecule has 6 rings (SSSR count). The molecule has 2 aromatic heterocycles. The first kappa shape index (κ1) is 24.3. The number of benzene rings is 3. The van der Waals surface area contributed by atoms with Crippen LogP contribution in [0.5, 0.6) is 0 Å². The number of aromatic nitrogens is 2. The van der Waals surface area contributed by atoms with Gasteiger partial charge in [0.05, 0.1) is 22.8 Å². The van der Waals surface area contributed by atoms with Gasteiger partial charge in [-0.05, 0) is 35.9 Å². The normalized spacial score (nSPS) is 15.3. The number of pyridine rings is 2. The van der Waals surface area contributed by atoms with E-state index in [9.17, 15) is 9.59 Å². The van der Waals surface area contributed by atoms with E-state index in [1.807, 2.05) is 66.7 Å². The number of rotatable bonds is 4. The van der Waals surface area contributed by atoms with Gasteiger partial charge in [0.15, 0.2) is 0 Å². The van der Waals surface area contributed by atoms with Gasteiger partial charge in [-0.1, -0.05) is 78.7 Å². The third kappa shape index (κ3) is 4.16. The topological polar surface area (TPSA) is 78.4 Å². The van der Waals surface area contributed by atoms with Gasteiger partial charge in [0, 0.05) is 45.3 Å². The lowest BCUT2D eigenvalue weighted by molar-refractivity contribution is -0.132. The van der Waals surface area contributed by atoms with Crippen LogP contribution in [0.1, 0.15) is 36.9 Å². The summed E-state index contributed by atoms with van der Waals surface area (Å²) >= 11 is 12.8. The van der Waals surface area contributed by atoms with Crippen LogP contribution in [0.25, 0.3) is 32.9 Å². The fourth-order valence-corrected chi connectivity index (χ4v) is 5.47. The average Bonchev–Trinajstić information content (AvgIpc) is 3.36. The Kier molecular flexibility index (Phi) is 6.22. The molecule has 0 bridgehead atoms. The molecule has 38 heavy (non-hydrogen) atoms. The van der Waals surface area contributed by atoms with Crippen molar-refractivity contribution in [3.8, 4) is 11.1 Å². The molecule has 3 heterocycles. The number of halogens is 2. The summed E-state index contributed by atoms with van der Waals surface area (Å²) in [5, 5.41) is 8.89. The molecule has 0 saturated heterocycles. The van der Waals surface area contributed by atoms with Crippen LogP contribution in [0.4, 0.5) is 0 Å². The van der Waals surface area contributed by atoms with Gasteiger partial charge in [0.25, 0.3) is 5.56 Å². The Morgan fingerprint density at radius 2 is 1.74 bits per heavy atom. The molecule has 188 valence electrons. The number of nitrogens with zero attached hydrogens (tertiary/aromatic N) is 3. The molecular weight excluding hydrogens is 519 g/mol. The summed E-state index contributed by atoms with van der Waals surface area (Å²) in [5.74, 6) is -0.167. The number of amides is 1. The van der Waals surface area contributed by atoms with E-state index in [1.165, 1.54) is 5.01 Å². The lowest BCUT2D eigenvalue weighted by Crippen LogP contribution is -2.26. The molecule has 8 heteroatoms. The summed E-state index contributed by atoms with van der Waals surface area (Å²) in [6.45, 7) is 1.79. The summed E-state index contributed by atoms with van der Waals surface area (Å²) in [5.41, 5.74) is 4.40. The van der Waals surface area contributed by atoms with Gasteiger partial charge in [-0.2, -0.15) is 5.10 Å². The molecule has 1 aliphatic heterocycles. The molecular formula is C30H22Cl2N4O2.